The highest BCUT2D eigenvalue weighted by Crippen LogP contribution is 2.29. The molecule has 3 aromatic carbocycles. The Labute approximate surface area is 204 Å². The predicted molar refractivity (Wildman–Crippen MR) is 136 cm³/mol. The third-order valence-corrected chi connectivity index (χ3v) is 7.95. The Morgan fingerprint density at radius 3 is 2.20 bits per heavy atom. The van der Waals surface area contributed by atoms with Gasteiger partial charge in [-0.2, -0.15) is 4.31 Å². The minimum absolute atomic E-state index is 0.173. The van der Waals surface area contributed by atoms with Crippen LogP contribution >= 0.6 is 0 Å². The first-order chi connectivity index (χ1) is 16.7. The van der Waals surface area contributed by atoms with Crippen molar-refractivity contribution in [3.8, 4) is 5.69 Å². The summed E-state index contributed by atoms with van der Waals surface area (Å²) in [5.74, 6) is 0.0958. The Balaban J connectivity index is 1.94. The molecule has 1 unspecified atom stereocenters. The van der Waals surface area contributed by atoms with Crippen molar-refractivity contribution in [2.45, 2.75) is 38.1 Å². The normalized spacial score (nSPS) is 13.0. The first-order valence-electron chi connectivity index (χ1n) is 11.5. The second-order valence-electron chi connectivity index (χ2n) is 8.89. The molecule has 1 aromatic heterocycles. The molecule has 0 aliphatic carbocycles. The van der Waals surface area contributed by atoms with Gasteiger partial charge in [0.2, 0.25) is 10.0 Å². The fourth-order valence-corrected chi connectivity index (χ4v) is 5.66. The molecule has 8 heteroatoms. The number of benzene rings is 3. The lowest BCUT2D eigenvalue weighted by Gasteiger charge is -2.30. The standard InChI is InChI=1S/C27H28FN3O3S/c1-19(2)17-18-30(35(33,34)23-9-5-4-6-10-23)20(3)26-29-25-12-8-7-11-24(25)27(32)31(26)22-15-13-21(28)14-16-22/h4-16,19-20H,17-18H2,1-3H3. The summed E-state index contributed by atoms with van der Waals surface area (Å²) in [5.41, 5.74) is 0.543. The molecule has 1 heterocycles. The van der Waals surface area contributed by atoms with E-state index in [4.69, 9.17) is 4.98 Å². The lowest BCUT2D eigenvalue weighted by atomic mass is 10.1. The molecular weight excluding hydrogens is 465 g/mol. The van der Waals surface area contributed by atoms with Gasteiger partial charge in [0.1, 0.15) is 11.6 Å². The van der Waals surface area contributed by atoms with Gasteiger partial charge in [-0.25, -0.2) is 17.8 Å². The molecule has 35 heavy (non-hydrogen) atoms. The lowest BCUT2D eigenvalue weighted by Crippen LogP contribution is -2.38. The largest absolute Gasteiger partial charge is 0.268 e. The van der Waals surface area contributed by atoms with Crippen LogP contribution in [0.4, 0.5) is 4.39 Å². The van der Waals surface area contributed by atoms with Crippen molar-refractivity contribution in [1.82, 2.24) is 13.9 Å². The summed E-state index contributed by atoms with van der Waals surface area (Å²) in [4.78, 5) is 18.5. The second kappa shape index (κ2) is 10.1. The van der Waals surface area contributed by atoms with E-state index < -0.39 is 21.9 Å². The van der Waals surface area contributed by atoms with Crippen LogP contribution in [0.5, 0.6) is 0 Å². The average Bonchev–Trinajstić information content (AvgIpc) is 2.85. The zero-order valence-corrected chi connectivity index (χ0v) is 20.7. The van der Waals surface area contributed by atoms with Crippen molar-refractivity contribution in [3.05, 3.63) is 101 Å². The van der Waals surface area contributed by atoms with E-state index in [-0.39, 0.29) is 28.7 Å². The number of nitrogens with zero attached hydrogens (tertiary/aromatic N) is 3. The number of rotatable bonds is 8. The van der Waals surface area contributed by atoms with E-state index in [0.717, 1.165) is 0 Å². The van der Waals surface area contributed by atoms with Gasteiger partial charge in [-0.3, -0.25) is 9.36 Å². The SMILES string of the molecule is CC(C)CCN(C(C)c1nc2ccccc2c(=O)n1-c1ccc(F)cc1)S(=O)(=O)c1ccccc1. The van der Waals surface area contributed by atoms with Gasteiger partial charge in [-0.1, -0.05) is 44.2 Å². The van der Waals surface area contributed by atoms with Gasteiger partial charge >= 0.3 is 0 Å². The summed E-state index contributed by atoms with van der Waals surface area (Å²) < 4.78 is 44.0. The van der Waals surface area contributed by atoms with E-state index in [9.17, 15) is 17.6 Å². The van der Waals surface area contributed by atoms with Crippen LogP contribution in [0.15, 0.2) is 88.6 Å². The highest BCUT2D eigenvalue weighted by atomic mass is 32.2. The van der Waals surface area contributed by atoms with Crippen LogP contribution in [-0.2, 0) is 10.0 Å². The minimum atomic E-state index is -3.90. The van der Waals surface area contributed by atoms with E-state index >= 15 is 0 Å². The third-order valence-electron chi connectivity index (χ3n) is 5.97. The van der Waals surface area contributed by atoms with Gasteiger partial charge in [0.15, 0.2) is 0 Å². The Morgan fingerprint density at radius 2 is 1.54 bits per heavy atom. The summed E-state index contributed by atoms with van der Waals surface area (Å²) in [6.45, 7) is 6.04. The van der Waals surface area contributed by atoms with Crippen molar-refractivity contribution < 1.29 is 12.8 Å². The summed E-state index contributed by atoms with van der Waals surface area (Å²) in [5, 5.41) is 0.396. The minimum Gasteiger partial charge on any atom is -0.268 e. The Morgan fingerprint density at radius 1 is 0.914 bits per heavy atom. The smallest absolute Gasteiger partial charge is 0.266 e. The predicted octanol–water partition coefficient (Wildman–Crippen LogP) is 5.32. The van der Waals surface area contributed by atoms with E-state index in [2.05, 4.69) is 0 Å². The number of sulfonamides is 1. The maximum atomic E-state index is 13.8. The molecule has 0 radical (unpaired) electrons. The highest BCUT2D eigenvalue weighted by molar-refractivity contribution is 7.89. The molecule has 0 aliphatic rings. The van der Waals surface area contributed by atoms with Crippen LogP contribution in [0.2, 0.25) is 0 Å². The van der Waals surface area contributed by atoms with Crippen LogP contribution in [0, 0.1) is 11.7 Å². The highest BCUT2D eigenvalue weighted by Gasteiger charge is 2.33. The molecular formula is C27H28FN3O3S. The Bertz CT molecular complexity index is 1480. The van der Waals surface area contributed by atoms with E-state index in [1.807, 2.05) is 13.8 Å². The van der Waals surface area contributed by atoms with Gasteiger partial charge in [0, 0.05) is 6.54 Å². The molecule has 0 saturated heterocycles. The van der Waals surface area contributed by atoms with Crippen LogP contribution in [-0.4, -0.2) is 28.8 Å². The number of fused-ring (bicyclic) bond motifs is 1. The van der Waals surface area contributed by atoms with Crippen molar-refractivity contribution >= 4 is 20.9 Å². The molecule has 0 amide bonds. The van der Waals surface area contributed by atoms with Crippen LogP contribution in [0.3, 0.4) is 0 Å². The quantitative estimate of drug-likeness (QED) is 0.333. The van der Waals surface area contributed by atoms with Gasteiger partial charge < -0.3 is 0 Å². The number of para-hydroxylation sites is 1. The number of aromatic nitrogens is 2. The number of hydrogen-bond donors (Lipinski definition) is 0. The molecule has 0 bridgehead atoms. The van der Waals surface area contributed by atoms with E-state index in [1.54, 1.807) is 61.5 Å². The summed E-state index contributed by atoms with van der Waals surface area (Å²) in [7, 11) is -3.90. The molecule has 4 aromatic rings. The maximum absolute atomic E-state index is 13.8. The van der Waals surface area contributed by atoms with Crippen LogP contribution < -0.4 is 5.56 Å². The van der Waals surface area contributed by atoms with Gasteiger partial charge in [-0.05, 0) is 67.8 Å². The zero-order valence-electron chi connectivity index (χ0n) is 19.9. The van der Waals surface area contributed by atoms with E-state index in [1.165, 1.54) is 33.1 Å². The van der Waals surface area contributed by atoms with E-state index in [0.29, 0.717) is 23.0 Å². The average molecular weight is 494 g/mol. The van der Waals surface area contributed by atoms with Crippen molar-refractivity contribution in [3.63, 3.8) is 0 Å². The number of halogens is 1. The molecule has 0 saturated carbocycles. The summed E-state index contributed by atoms with van der Waals surface area (Å²) in [6.07, 6.45) is 0.630. The van der Waals surface area contributed by atoms with Crippen LogP contribution in [0.1, 0.15) is 39.1 Å². The molecule has 0 aliphatic heterocycles. The van der Waals surface area contributed by atoms with Crippen molar-refractivity contribution in [2.24, 2.45) is 5.92 Å². The lowest BCUT2D eigenvalue weighted by molar-refractivity contribution is 0.308. The topological polar surface area (TPSA) is 72.3 Å². The monoisotopic (exact) mass is 493 g/mol. The molecule has 0 N–H and O–H groups in total. The van der Waals surface area contributed by atoms with Crippen molar-refractivity contribution in [1.29, 1.82) is 0 Å². The number of hydrogen-bond acceptors (Lipinski definition) is 4. The molecule has 4 rings (SSSR count). The fourth-order valence-electron chi connectivity index (χ4n) is 4.03. The zero-order chi connectivity index (χ0) is 25.2. The maximum Gasteiger partial charge on any atom is 0.266 e. The fraction of sp³-hybridized carbons (Fsp3) is 0.259. The molecule has 0 spiro atoms. The van der Waals surface area contributed by atoms with Gasteiger partial charge in [-0.15, -0.1) is 0 Å². The van der Waals surface area contributed by atoms with Crippen molar-refractivity contribution in [2.75, 3.05) is 6.54 Å². The van der Waals surface area contributed by atoms with Crippen LogP contribution in [0.25, 0.3) is 16.6 Å². The molecule has 6 nitrogen and oxygen atoms in total. The molecule has 1 atom stereocenters. The molecule has 182 valence electrons. The van der Waals surface area contributed by atoms with Gasteiger partial charge in [0.25, 0.3) is 5.56 Å². The first kappa shape index (κ1) is 24.8. The summed E-state index contributed by atoms with van der Waals surface area (Å²) in [6, 6.07) is 19.9. The Kier molecular flexibility index (Phi) is 7.14. The second-order valence-corrected chi connectivity index (χ2v) is 10.8. The Hall–Kier alpha value is -3.36. The summed E-state index contributed by atoms with van der Waals surface area (Å²) >= 11 is 0. The van der Waals surface area contributed by atoms with Gasteiger partial charge in [0.05, 0.1) is 27.5 Å². The third kappa shape index (κ3) is 5.04. The first-order valence-corrected chi connectivity index (χ1v) is 13.0. The molecule has 0 fully saturated rings.